The smallest absolute Gasteiger partial charge is 0.344 e. The van der Waals surface area contributed by atoms with Crippen LogP contribution >= 0.6 is 11.8 Å². The summed E-state index contributed by atoms with van der Waals surface area (Å²) >= 11 is 1.49. The Labute approximate surface area is 251 Å². The highest BCUT2D eigenvalue weighted by Crippen LogP contribution is 2.27. The lowest BCUT2D eigenvalue weighted by molar-refractivity contribution is -0.157. The van der Waals surface area contributed by atoms with Crippen molar-refractivity contribution in [1.82, 2.24) is 5.43 Å². The maximum absolute atomic E-state index is 13.6. The van der Waals surface area contributed by atoms with Crippen LogP contribution in [0.1, 0.15) is 33.3 Å². The van der Waals surface area contributed by atoms with E-state index in [1.807, 2.05) is 13.2 Å². The SMILES string of the molecule is CCOc1ccc(N(CC(=O)N/N=C\c2ccc(OCC(=O)OC(C)(C)C)cc2)S(=O)(=O)c2ccc(SC)cc2)cc1. The molecule has 0 aromatic heterocycles. The van der Waals surface area contributed by atoms with Crippen LogP contribution in [0.2, 0.25) is 0 Å². The molecule has 3 aromatic carbocycles. The van der Waals surface area contributed by atoms with E-state index in [0.717, 1.165) is 9.20 Å². The molecule has 1 amide bonds. The molecule has 0 aliphatic rings. The highest BCUT2D eigenvalue weighted by molar-refractivity contribution is 7.98. The summed E-state index contributed by atoms with van der Waals surface area (Å²) in [6.45, 7) is 6.91. The van der Waals surface area contributed by atoms with Gasteiger partial charge in [-0.1, -0.05) is 0 Å². The van der Waals surface area contributed by atoms with Crippen LogP contribution in [0.15, 0.2) is 87.7 Å². The van der Waals surface area contributed by atoms with Crippen LogP contribution in [-0.4, -0.2) is 58.1 Å². The Morgan fingerprint density at radius 3 is 2.10 bits per heavy atom. The van der Waals surface area contributed by atoms with Crippen molar-refractivity contribution in [3.63, 3.8) is 0 Å². The normalized spacial score (nSPS) is 11.6. The summed E-state index contributed by atoms with van der Waals surface area (Å²) in [5.74, 6) is -0.0714. The molecule has 42 heavy (non-hydrogen) atoms. The zero-order valence-corrected chi connectivity index (χ0v) is 25.8. The highest BCUT2D eigenvalue weighted by atomic mass is 32.2. The van der Waals surface area contributed by atoms with Crippen LogP contribution in [0.5, 0.6) is 11.5 Å². The first-order chi connectivity index (χ1) is 19.9. The Hall–Kier alpha value is -4.03. The Morgan fingerprint density at radius 1 is 0.929 bits per heavy atom. The van der Waals surface area contributed by atoms with Crippen molar-refractivity contribution in [1.29, 1.82) is 0 Å². The van der Waals surface area contributed by atoms with E-state index in [1.165, 1.54) is 30.1 Å². The van der Waals surface area contributed by atoms with Gasteiger partial charge >= 0.3 is 5.97 Å². The Morgan fingerprint density at radius 2 is 1.52 bits per heavy atom. The third-order valence-electron chi connectivity index (χ3n) is 5.43. The molecule has 0 heterocycles. The van der Waals surface area contributed by atoms with Gasteiger partial charge in [-0.25, -0.2) is 18.6 Å². The number of sulfonamides is 1. The zero-order valence-electron chi connectivity index (χ0n) is 24.2. The third-order valence-corrected chi connectivity index (χ3v) is 7.96. The molecule has 0 spiro atoms. The molecule has 3 aromatic rings. The molecule has 0 radical (unpaired) electrons. The molecule has 0 fully saturated rings. The van der Waals surface area contributed by atoms with Gasteiger partial charge in [0.1, 0.15) is 23.6 Å². The fourth-order valence-electron chi connectivity index (χ4n) is 3.57. The van der Waals surface area contributed by atoms with Crippen molar-refractivity contribution in [2.45, 2.75) is 43.1 Å². The third kappa shape index (κ3) is 9.81. The summed E-state index contributed by atoms with van der Waals surface area (Å²) in [4.78, 5) is 25.6. The van der Waals surface area contributed by atoms with Crippen molar-refractivity contribution in [3.8, 4) is 11.5 Å². The first-order valence-corrected chi connectivity index (χ1v) is 15.7. The number of hydrogen-bond acceptors (Lipinski definition) is 9. The van der Waals surface area contributed by atoms with Crippen LogP contribution < -0.4 is 19.2 Å². The average Bonchev–Trinajstić information content (AvgIpc) is 2.95. The molecule has 12 heteroatoms. The lowest BCUT2D eigenvalue weighted by atomic mass is 10.2. The van der Waals surface area contributed by atoms with Gasteiger partial charge in [0.05, 0.1) is 23.4 Å². The van der Waals surface area contributed by atoms with Crippen LogP contribution in [0.3, 0.4) is 0 Å². The maximum Gasteiger partial charge on any atom is 0.344 e. The van der Waals surface area contributed by atoms with Gasteiger partial charge in [-0.3, -0.25) is 9.10 Å². The number of hydrogen-bond donors (Lipinski definition) is 1. The van der Waals surface area contributed by atoms with Gasteiger partial charge in [0.15, 0.2) is 6.61 Å². The number of esters is 1. The van der Waals surface area contributed by atoms with Gasteiger partial charge in [-0.15, -0.1) is 11.8 Å². The van der Waals surface area contributed by atoms with Crippen LogP contribution in [0.25, 0.3) is 0 Å². The second kappa shape index (κ2) is 14.7. The molecular formula is C30H35N3O7S2. The van der Waals surface area contributed by atoms with E-state index in [1.54, 1.807) is 81.4 Å². The van der Waals surface area contributed by atoms with E-state index in [-0.39, 0.29) is 11.5 Å². The summed E-state index contributed by atoms with van der Waals surface area (Å²) in [5.41, 5.74) is 2.73. The van der Waals surface area contributed by atoms with E-state index in [0.29, 0.717) is 29.4 Å². The summed E-state index contributed by atoms with van der Waals surface area (Å²) in [6.07, 6.45) is 3.31. The summed E-state index contributed by atoms with van der Waals surface area (Å²) in [5, 5.41) is 3.96. The molecular weight excluding hydrogens is 578 g/mol. The topological polar surface area (TPSA) is 124 Å². The van der Waals surface area contributed by atoms with E-state index in [9.17, 15) is 18.0 Å². The minimum Gasteiger partial charge on any atom is -0.494 e. The van der Waals surface area contributed by atoms with Gasteiger partial charge in [-0.05, 0) is 112 Å². The van der Waals surface area contributed by atoms with Crippen LogP contribution in [0, 0.1) is 0 Å². The zero-order chi connectivity index (χ0) is 30.8. The summed E-state index contributed by atoms with van der Waals surface area (Å²) < 4.78 is 44.3. The number of hydrazone groups is 1. The number of anilines is 1. The van der Waals surface area contributed by atoms with Crippen molar-refractivity contribution >= 4 is 45.6 Å². The van der Waals surface area contributed by atoms with E-state index in [4.69, 9.17) is 14.2 Å². The molecule has 0 aliphatic heterocycles. The van der Waals surface area contributed by atoms with Gasteiger partial charge in [0.2, 0.25) is 0 Å². The monoisotopic (exact) mass is 613 g/mol. The molecule has 224 valence electrons. The number of amides is 1. The fraction of sp³-hybridized carbons (Fsp3) is 0.300. The Bertz CT molecular complexity index is 1470. The second-order valence-electron chi connectivity index (χ2n) is 9.85. The minimum atomic E-state index is -4.08. The molecule has 0 atom stereocenters. The lowest BCUT2D eigenvalue weighted by Gasteiger charge is -2.24. The van der Waals surface area contributed by atoms with Gasteiger partial charge in [-0.2, -0.15) is 5.10 Å². The molecule has 0 saturated carbocycles. The standard InChI is InChI=1S/C30H35N3O7S2/c1-6-38-24-13-9-23(10-14-24)33(42(36,37)27-17-15-26(41-5)16-18-27)20-28(34)32-31-19-22-7-11-25(12-8-22)39-21-29(35)40-30(2,3)4/h7-19H,6,20-21H2,1-5H3,(H,32,34)/b31-19-. The van der Waals surface area contributed by atoms with Crippen molar-refractivity contribution in [3.05, 3.63) is 78.4 Å². The first-order valence-electron chi connectivity index (χ1n) is 13.1. The van der Waals surface area contributed by atoms with E-state index in [2.05, 4.69) is 10.5 Å². The molecule has 0 saturated heterocycles. The Kier molecular flexibility index (Phi) is 11.4. The van der Waals surface area contributed by atoms with E-state index < -0.39 is 34.0 Å². The largest absolute Gasteiger partial charge is 0.494 e. The van der Waals surface area contributed by atoms with Gasteiger partial charge < -0.3 is 14.2 Å². The van der Waals surface area contributed by atoms with Crippen LogP contribution in [0.4, 0.5) is 5.69 Å². The molecule has 0 unspecified atom stereocenters. The average molecular weight is 614 g/mol. The molecule has 10 nitrogen and oxygen atoms in total. The number of benzene rings is 3. The number of nitrogens with one attached hydrogen (secondary N) is 1. The number of nitrogens with zero attached hydrogens (tertiary/aromatic N) is 2. The number of rotatable bonds is 13. The number of ether oxygens (including phenoxy) is 3. The molecule has 0 bridgehead atoms. The van der Waals surface area contributed by atoms with Crippen LogP contribution in [-0.2, 0) is 24.3 Å². The molecule has 1 N–H and O–H groups in total. The quantitative estimate of drug-likeness (QED) is 0.125. The second-order valence-corrected chi connectivity index (χ2v) is 12.6. The predicted octanol–water partition coefficient (Wildman–Crippen LogP) is 4.87. The number of thioether (sulfide) groups is 1. The molecule has 0 aliphatic carbocycles. The van der Waals surface area contributed by atoms with Crippen molar-refractivity contribution in [2.75, 3.05) is 30.3 Å². The highest BCUT2D eigenvalue weighted by Gasteiger charge is 2.27. The van der Waals surface area contributed by atoms with Crippen molar-refractivity contribution in [2.24, 2.45) is 5.10 Å². The minimum absolute atomic E-state index is 0.0551. The molecule has 3 rings (SSSR count). The lowest BCUT2D eigenvalue weighted by Crippen LogP contribution is -2.39. The summed E-state index contributed by atoms with van der Waals surface area (Å²) in [6, 6.07) is 19.6. The number of carbonyl (C=O) groups excluding carboxylic acids is 2. The van der Waals surface area contributed by atoms with E-state index >= 15 is 0 Å². The Balaban J connectivity index is 1.68. The van der Waals surface area contributed by atoms with Gasteiger partial charge in [0, 0.05) is 4.90 Å². The van der Waals surface area contributed by atoms with Crippen molar-refractivity contribution < 1.29 is 32.2 Å². The maximum atomic E-state index is 13.6. The van der Waals surface area contributed by atoms with Gasteiger partial charge in [0.25, 0.3) is 15.9 Å². The fourth-order valence-corrected chi connectivity index (χ4v) is 5.40. The first kappa shape index (κ1) is 32.5. The number of carbonyl (C=O) groups is 2. The summed E-state index contributed by atoms with van der Waals surface area (Å²) in [7, 11) is -4.08. The predicted molar refractivity (Wildman–Crippen MR) is 164 cm³/mol.